The van der Waals surface area contributed by atoms with Crippen LogP contribution in [0.3, 0.4) is 0 Å². The Labute approximate surface area is 203 Å². The van der Waals surface area contributed by atoms with Crippen LogP contribution in [0.25, 0.3) is 0 Å². The number of amides is 1. The fourth-order valence-corrected chi connectivity index (χ4v) is 4.74. The summed E-state index contributed by atoms with van der Waals surface area (Å²) in [6.45, 7) is 2.94. The Kier molecular flexibility index (Phi) is 6.57. The lowest BCUT2D eigenvalue weighted by molar-refractivity contribution is -0.121. The van der Waals surface area contributed by atoms with Crippen LogP contribution >= 0.6 is 23.8 Å². The van der Waals surface area contributed by atoms with Crippen LogP contribution in [0, 0.1) is 10.7 Å². The molecule has 3 aromatic rings. The molecular weight excluding hydrogens is 456 g/mol. The largest absolute Gasteiger partial charge is 0.310 e. The third-order valence-corrected chi connectivity index (χ3v) is 6.92. The molecule has 2 fully saturated rings. The summed E-state index contributed by atoms with van der Waals surface area (Å²) in [5.41, 5.74) is 1.22. The van der Waals surface area contributed by atoms with Crippen molar-refractivity contribution in [2.45, 2.75) is 44.8 Å². The van der Waals surface area contributed by atoms with E-state index in [1.54, 1.807) is 12.1 Å². The molecule has 9 heteroatoms. The van der Waals surface area contributed by atoms with Crippen molar-refractivity contribution in [1.82, 2.24) is 24.2 Å². The number of rotatable bonds is 7. The van der Waals surface area contributed by atoms with E-state index in [0.29, 0.717) is 30.0 Å². The summed E-state index contributed by atoms with van der Waals surface area (Å²) < 4.78 is 4.87. The van der Waals surface area contributed by atoms with Crippen molar-refractivity contribution in [2.75, 3.05) is 18.4 Å². The number of nitrogens with zero attached hydrogens (tertiary/aromatic N) is 5. The van der Waals surface area contributed by atoms with Crippen LogP contribution in [-0.4, -0.2) is 43.2 Å². The molecular formula is C24H27ClN6OS. The number of halogens is 1. The minimum Gasteiger partial charge on any atom is -0.310 e. The molecule has 1 aliphatic heterocycles. The van der Waals surface area contributed by atoms with Gasteiger partial charge in [0.05, 0.1) is 24.2 Å². The monoisotopic (exact) mass is 482 g/mol. The molecule has 5 rings (SSSR count). The van der Waals surface area contributed by atoms with Gasteiger partial charge in [0.1, 0.15) is 11.6 Å². The van der Waals surface area contributed by atoms with Gasteiger partial charge in [-0.05, 0) is 62.1 Å². The van der Waals surface area contributed by atoms with Gasteiger partial charge in [0.15, 0.2) is 4.77 Å². The molecule has 2 aliphatic rings. The average molecular weight is 483 g/mol. The Morgan fingerprint density at radius 3 is 2.70 bits per heavy atom. The van der Waals surface area contributed by atoms with E-state index in [1.807, 2.05) is 10.7 Å². The number of aromatic nitrogens is 4. The van der Waals surface area contributed by atoms with Gasteiger partial charge in [0, 0.05) is 18.7 Å². The summed E-state index contributed by atoms with van der Waals surface area (Å²) >= 11 is 11.7. The van der Waals surface area contributed by atoms with Crippen LogP contribution in [0.2, 0.25) is 5.02 Å². The number of likely N-dealkylation sites (tertiary alicyclic amines) is 1. The van der Waals surface area contributed by atoms with Crippen LogP contribution in [0.15, 0.2) is 48.7 Å². The number of carbonyl (C=O) groups is 1. The molecule has 0 bridgehead atoms. The molecule has 3 heterocycles. The Bertz CT molecular complexity index is 1170. The highest BCUT2D eigenvalue weighted by Crippen LogP contribution is 2.39. The highest BCUT2D eigenvalue weighted by Gasteiger charge is 2.31. The van der Waals surface area contributed by atoms with Gasteiger partial charge in [-0.25, -0.2) is 9.67 Å². The first kappa shape index (κ1) is 22.3. The molecule has 1 saturated carbocycles. The maximum absolute atomic E-state index is 12.8. The minimum atomic E-state index is -0.0975. The molecule has 1 amide bonds. The highest BCUT2D eigenvalue weighted by atomic mass is 35.5. The maximum atomic E-state index is 12.8. The number of nitrogens with one attached hydrogen (secondary N) is 1. The van der Waals surface area contributed by atoms with Crippen LogP contribution < -0.4 is 5.32 Å². The molecule has 1 atom stereocenters. The first-order valence-corrected chi connectivity index (χ1v) is 12.2. The van der Waals surface area contributed by atoms with Crippen molar-refractivity contribution in [3.05, 3.63) is 69.8 Å². The van der Waals surface area contributed by atoms with E-state index < -0.39 is 0 Å². The van der Waals surface area contributed by atoms with Gasteiger partial charge < -0.3 is 5.32 Å². The fraction of sp³-hybridized carbons (Fsp3) is 0.417. The average Bonchev–Trinajstić information content (AvgIpc) is 3.63. The van der Waals surface area contributed by atoms with Crippen LogP contribution in [0.1, 0.15) is 43.0 Å². The molecule has 0 radical (unpaired) electrons. The molecule has 1 saturated heterocycles. The second-order valence-electron chi connectivity index (χ2n) is 8.89. The molecule has 7 nitrogen and oxygen atoms in total. The summed E-state index contributed by atoms with van der Waals surface area (Å²) in [7, 11) is 0. The van der Waals surface area contributed by atoms with Gasteiger partial charge in [0.2, 0.25) is 5.91 Å². The molecule has 1 aromatic carbocycles. The van der Waals surface area contributed by atoms with Gasteiger partial charge in [-0.3, -0.25) is 14.3 Å². The number of hydrogen-bond donors (Lipinski definition) is 1. The minimum absolute atomic E-state index is 0.00797. The number of pyridine rings is 1. The van der Waals surface area contributed by atoms with Gasteiger partial charge in [-0.1, -0.05) is 41.9 Å². The van der Waals surface area contributed by atoms with E-state index in [-0.39, 0.29) is 11.8 Å². The van der Waals surface area contributed by atoms with E-state index in [2.05, 4.69) is 44.0 Å². The van der Waals surface area contributed by atoms with Gasteiger partial charge in [-0.2, -0.15) is 5.10 Å². The number of piperidine rings is 1. The summed E-state index contributed by atoms with van der Waals surface area (Å²) in [5.74, 6) is 2.01. The molecule has 1 N–H and O–H groups in total. The molecule has 33 heavy (non-hydrogen) atoms. The van der Waals surface area contributed by atoms with Crippen molar-refractivity contribution < 1.29 is 4.79 Å². The zero-order valence-corrected chi connectivity index (χ0v) is 19.9. The lowest BCUT2D eigenvalue weighted by atomic mass is 9.97. The fourth-order valence-electron chi connectivity index (χ4n) is 4.37. The molecule has 1 aliphatic carbocycles. The van der Waals surface area contributed by atoms with Crippen LogP contribution in [0.4, 0.5) is 5.82 Å². The number of benzene rings is 1. The molecule has 172 valence electrons. The Morgan fingerprint density at radius 1 is 1.15 bits per heavy atom. The Hall–Kier alpha value is -2.55. The van der Waals surface area contributed by atoms with Crippen molar-refractivity contribution >= 4 is 35.5 Å². The highest BCUT2D eigenvalue weighted by molar-refractivity contribution is 7.71. The Morgan fingerprint density at radius 2 is 1.97 bits per heavy atom. The number of anilines is 1. The summed E-state index contributed by atoms with van der Waals surface area (Å²) in [5, 5.41) is 8.38. The first-order valence-electron chi connectivity index (χ1n) is 11.4. The van der Waals surface area contributed by atoms with Crippen molar-refractivity contribution in [3.8, 4) is 0 Å². The van der Waals surface area contributed by atoms with E-state index in [0.717, 1.165) is 36.5 Å². The predicted octanol–water partition coefficient (Wildman–Crippen LogP) is 4.70. The SMILES string of the molecule is O=C(Nc1ccc(Cl)cn1)C1CCCN(Cn2nc(C3CC3)n(Cc3ccccc3)c2=S)C1. The van der Waals surface area contributed by atoms with E-state index >= 15 is 0 Å². The zero-order chi connectivity index (χ0) is 22.8. The van der Waals surface area contributed by atoms with E-state index in [9.17, 15) is 4.79 Å². The number of hydrogen-bond acceptors (Lipinski definition) is 5. The standard InChI is InChI=1S/C24H27ClN6OS/c25-20-10-11-21(26-13-20)27-23(32)19-7-4-12-29(15-19)16-31-24(33)30(22(28-31)18-8-9-18)14-17-5-2-1-3-6-17/h1-3,5-6,10-11,13,18-19H,4,7-9,12,14-16H2,(H,26,27,32). The zero-order valence-electron chi connectivity index (χ0n) is 18.4. The Balaban J connectivity index is 1.27. The normalized spacial score (nSPS) is 18.9. The topological polar surface area (TPSA) is 68.0 Å². The second-order valence-corrected chi connectivity index (χ2v) is 9.70. The third-order valence-electron chi connectivity index (χ3n) is 6.27. The predicted molar refractivity (Wildman–Crippen MR) is 131 cm³/mol. The smallest absolute Gasteiger partial charge is 0.229 e. The summed E-state index contributed by atoms with van der Waals surface area (Å²) in [4.78, 5) is 19.3. The summed E-state index contributed by atoms with van der Waals surface area (Å²) in [6.07, 6.45) is 5.70. The lowest BCUT2D eigenvalue weighted by Gasteiger charge is -2.31. The van der Waals surface area contributed by atoms with Crippen LogP contribution in [0.5, 0.6) is 0 Å². The maximum Gasteiger partial charge on any atom is 0.229 e. The van der Waals surface area contributed by atoms with Crippen molar-refractivity contribution in [1.29, 1.82) is 0 Å². The second kappa shape index (κ2) is 9.75. The third kappa shape index (κ3) is 5.34. The van der Waals surface area contributed by atoms with Gasteiger partial charge in [-0.15, -0.1) is 0 Å². The molecule has 2 aromatic heterocycles. The summed E-state index contributed by atoms with van der Waals surface area (Å²) in [6, 6.07) is 13.8. The number of carbonyl (C=O) groups excluding carboxylic acids is 1. The van der Waals surface area contributed by atoms with E-state index in [4.69, 9.17) is 28.9 Å². The van der Waals surface area contributed by atoms with Gasteiger partial charge in [0.25, 0.3) is 0 Å². The quantitative estimate of drug-likeness (QED) is 0.494. The van der Waals surface area contributed by atoms with Crippen molar-refractivity contribution in [3.63, 3.8) is 0 Å². The molecule has 1 unspecified atom stereocenters. The van der Waals surface area contributed by atoms with Crippen LogP contribution in [-0.2, 0) is 18.0 Å². The van der Waals surface area contributed by atoms with Crippen molar-refractivity contribution in [2.24, 2.45) is 5.92 Å². The first-order chi connectivity index (χ1) is 16.1. The molecule has 0 spiro atoms. The van der Waals surface area contributed by atoms with E-state index in [1.165, 1.54) is 24.6 Å². The van der Waals surface area contributed by atoms with Gasteiger partial charge >= 0.3 is 0 Å². The lowest BCUT2D eigenvalue weighted by Crippen LogP contribution is -2.41.